The predicted octanol–water partition coefficient (Wildman–Crippen LogP) is 3.67. The fourth-order valence-electron chi connectivity index (χ4n) is 4.33. The number of thiocarbonyl (C=S) groups is 1. The number of hydrogen-bond acceptors (Lipinski definition) is 8. The largest absolute Gasteiger partial charge is 0.450 e. The number of carbonyl (C=O) groups is 2. The average Bonchev–Trinajstić information content (AvgIpc) is 3.14. The minimum Gasteiger partial charge on any atom is -0.450 e. The molecule has 2 aliphatic rings. The second kappa shape index (κ2) is 11.4. The molecule has 4 heterocycles. The monoisotopic (exact) mass is 529 g/mol. The third-order valence-corrected chi connectivity index (χ3v) is 7.68. The molecule has 0 spiro atoms. The molecule has 2 aromatic heterocycles. The van der Waals surface area contributed by atoms with E-state index in [2.05, 4.69) is 6.92 Å². The van der Waals surface area contributed by atoms with Crippen LogP contribution in [0.1, 0.15) is 44.2 Å². The van der Waals surface area contributed by atoms with E-state index in [9.17, 15) is 14.4 Å². The van der Waals surface area contributed by atoms with Crippen molar-refractivity contribution < 1.29 is 14.3 Å². The summed E-state index contributed by atoms with van der Waals surface area (Å²) in [4.78, 5) is 49.6. The lowest BCUT2D eigenvalue weighted by atomic mass is 10.2. The van der Waals surface area contributed by atoms with E-state index in [4.69, 9.17) is 21.9 Å². The van der Waals surface area contributed by atoms with Gasteiger partial charge >= 0.3 is 6.09 Å². The summed E-state index contributed by atoms with van der Waals surface area (Å²) in [5.74, 6) is 0.335. The maximum absolute atomic E-state index is 13.7. The molecule has 36 heavy (non-hydrogen) atoms. The van der Waals surface area contributed by atoms with E-state index in [1.807, 2.05) is 17.9 Å². The van der Waals surface area contributed by atoms with Gasteiger partial charge in [0.05, 0.1) is 17.1 Å². The van der Waals surface area contributed by atoms with Crippen LogP contribution in [0.5, 0.6) is 0 Å². The van der Waals surface area contributed by atoms with Gasteiger partial charge in [0.25, 0.3) is 11.5 Å². The Morgan fingerprint density at radius 1 is 1.19 bits per heavy atom. The number of nitrogens with zero attached hydrogens (tertiary/aromatic N) is 5. The van der Waals surface area contributed by atoms with Gasteiger partial charge in [-0.1, -0.05) is 49.8 Å². The molecule has 11 heteroatoms. The van der Waals surface area contributed by atoms with E-state index in [0.717, 1.165) is 24.8 Å². The van der Waals surface area contributed by atoms with Gasteiger partial charge in [0.1, 0.15) is 15.8 Å². The van der Waals surface area contributed by atoms with Crippen molar-refractivity contribution in [2.45, 2.75) is 40.0 Å². The number of rotatable bonds is 7. The molecular formula is C25H31N5O4S2. The lowest BCUT2D eigenvalue weighted by Gasteiger charge is -2.35. The molecule has 0 aliphatic carbocycles. The summed E-state index contributed by atoms with van der Waals surface area (Å²) >= 11 is 6.69. The van der Waals surface area contributed by atoms with Crippen LogP contribution in [0.15, 0.2) is 28.0 Å². The van der Waals surface area contributed by atoms with Gasteiger partial charge in [0.2, 0.25) is 0 Å². The van der Waals surface area contributed by atoms with Crippen LogP contribution in [0, 0.1) is 6.92 Å². The number of anilines is 1. The molecule has 0 N–H and O–H groups in total. The van der Waals surface area contributed by atoms with Crippen molar-refractivity contribution in [3.05, 3.63) is 44.7 Å². The highest BCUT2D eigenvalue weighted by atomic mass is 32.2. The van der Waals surface area contributed by atoms with E-state index < -0.39 is 0 Å². The Morgan fingerprint density at radius 3 is 2.64 bits per heavy atom. The van der Waals surface area contributed by atoms with E-state index in [1.54, 1.807) is 35.1 Å². The SMILES string of the molecule is CCCCCN1C(=O)/C(=C/c2c(N3CCN(C(=O)OCC)CC3)nc3c(C)cccn3c2=O)SC1=S. The van der Waals surface area contributed by atoms with Crippen LogP contribution in [0.25, 0.3) is 11.7 Å². The van der Waals surface area contributed by atoms with Crippen LogP contribution >= 0.6 is 24.0 Å². The van der Waals surface area contributed by atoms with Gasteiger partial charge < -0.3 is 14.5 Å². The molecule has 2 fully saturated rings. The molecule has 9 nitrogen and oxygen atoms in total. The van der Waals surface area contributed by atoms with Crippen molar-refractivity contribution in [1.29, 1.82) is 0 Å². The molecule has 0 bridgehead atoms. The molecule has 2 aliphatic heterocycles. The minimum absolute atomic E-state index is 0.173. The third kappa shape index (κ3) is 5.27. The highest BCUT2D eigenvalue weighted by Crippen LogP contribution is 2.34. The normalized spacial score (nSPS) is 17.5. The van der Waals surface area contributed by atoms with Crippen molar-refractivity contribution in [2.24, 2.45) is 0 Å². The van der Waals surface area contributed by atoms with E-state index in [-0.39, 0.29) is 17.6 Å². The molecule has 2 saturated heterocycles. The first kappa shape index (κ1) is 26.2. The van der Waals surface area contributed by atoms with E-state index in [0.29, 0.717) is 65.6 Å². The summed E-state index contributed by atoms with van der Waals surface area (Å²) in [5, 5.41) is 0. The first-order valence-corrected chi connectivity index (χ1v) is 13.5. The molecule has 0 saturated carbocycles. The quantitative estimate of drug-likeness (QED) is 0.305. The maximum atomic E-state index is 13.7. The number of amides is 2. The number of piperazine rings is 1. The highest BCUT2D eigenvalue weighted by Gasteiger charge is 2.33. The molecule has 2 amide bonds. The van der Waals surface area contributed by atoms with Crippen molar-refractivity contribution in [3.8, 4) is 0 Å². The van der Waals surface area contributed by atoms with Crippen molar-refractivity contribution in [3.63, 3.8) is 0 Å². The number of unbranched alkanes of at least 4 members (excludes halogenated alkanes) is 2. The number of ether oxygens (including phenoxy) is 1. The second-order valence-electron chi connectivity index (χ2n) is 8.75. The molecule has 0 atom stereocenters. The maximum Gasteiger partial charge on any atom is 0.409 e. The van der Waals surface area contributed by atoms with Gasteiger partial charge in [-0.05, 0) is 38.0 Å². The molecule has 192 valence electrons. The number of carbonyl (C=O) groups excluding carboxylic acids is 2. The number of fused-ring (bicyclic) bond motifs is 1. The summed E-state index contributed by atoms with van der Waals surface area (Å²) in [6.07, 6.45) is 5.94. The summed E-state index contributed by atoms with van der Waals surface area (Å²) in [7, 11) is 0. The molecule has 0 radical (unpaired) electrons. The van der Waals surface area contributed by atoms with Crippen LogP contribution in [0.2, 0.25) is 0 Å². The average molecular weight is 530 g/mol. The fraction of sp³-hybridized carbons (Fsp3) is 0.480. The van der Waals surface area contributed by atoms with Gasteiger partial charge in [-0.2, -0.15) is 0 Å². The van der Waals surface area contributed by atoms with Crippen LogP contribution in [0.3, 0.4) is 0 Å². The van der Waals surface area contributed by atoms with Crippen LogP contribution in [-0.2, 0) is 9.53 Å². The molecule has 4 rings (SSSR count). The summed E-state index contributed by atoms with van der Waals surface area (Å²) in [6, 6.07) is 3.71. The van der Waals surface area contributed by atoms with Crippen molar-refractivity contribution in [1.82, 2.24) is 19.2 Å². The van der Waals surface area contributed by atoms with Gasteiger partial charge in [-0.3, -0.25) is 18.9 Å². The molecule has 2 aromatic rings. The van der Waals surface area contributed by atoms with Gasteiger partial charge in [0, 0.05) is 38.9 Å². The standard InChI is InChI=1S/C25H31N5O4S2/c1-4-6-7-10-30-23(32)19(36-25(30)35)16-18-21(26-20-17(3)9-8-11-29(20)22(18)31)27-12-14-28(15-13-27)24(33)34-5-2/h8-9,11,16H,4-7,10,12-15H2,1-3H3/b19-16-. The zero-order valence-electron chi connectivity index (χ0n) is 20.9. The molecule has 0 aromatic carbocycles. The molecule has 0 unspecified atom stereocenters. The number of thioether (sulfide) groups is 1. The Balaban J connectivity index is 1.71. The Bertz CT molecular complexity index is 1270. The van der Waals surface area contributed by atoms with Gasteiger partial charge in [0.15, 0.2) is 0 Å². The first-order valence-electron chi connectivity index (χ1n) is 12.3. The number of aryl methyl sites for hydroxylation is 1. The number of aromatic nitrogens is 2. The first-order chi connectivity index (χ1) is 17.3. The fourth-order valence-corrected chi connectivity index (χ4v) is 5.62. The second-order valence-corrected chi connectivity index (χ2v) is 10.4. The zero-order valence-corrected chi connectivity index (χ0v) is 22.5. The number of pyridine rings is 1. The molecular weight excluding hydrogens is 498 g/mol. The summed E-state index contributed by atoms with van der Waals surface area (Å²) < 4.78 is 7.15. The number of hydrogen-bond donors (Lipinski definition) is 0. The van der Waals surface area contributed by atoms with Crippen molar-refractivity contribution in [2.75, 3.05) is 44.2 Å². The summed E-state index contributed by atoms with van der Waals surface area (Å²) in [6.45, 7) is 8.58. The van der Waals surface area contributed by atoms with Crippen molar-refractivity contribution >= 4 is 57.8 Å². The Morgan fingerprint density at radius 2 is 1.94 bits per heavy atom. The topological polar surface area (TPSA) is 87.5 Å². The Labute approximate surface area is 220 Å². The van der Waals surface area contributed by atoms with Gasteiger partial charge in [-0.25, -0.2) is 9.78 Å². The highest BCUT2D eigenvalue weighted by molar-refractivity contribution is 8.26. The lowest BCUT2D eigenvalue weighted by molar-refractivity contribution is -0.122. The van der Waals surface area contributed by atoms with Crippen LogP contribution in [-0.4, -0.2) is 74.8 Å². The Kier molecular flexibility index (Phi) is 8.30. The minimum atomic E-state index is -0.341. The van der Waals surface area contributed by atoms with E-state index >= 15 is 0 Å². The van der Waals surface area contributed by atoms with Gasteiger partial charge in [-0.15, -0.1) is 0 Å². The summed E-state index contributed by atoms with van der Waals surface area (Å²) in [5.41, 5.74) is 1.53. The van der Waals surface area contributed by atoms with Crippen LogP contribution in [0.4, 0.5) is 10.6 Å². The predicted molar refractivity (Wildman–Crippen MR) is 146 cm³/mol. The smallest absolute Gasteiger partial charge is 0.409 e. The zero-order chi connectivity index (χ0) is 25.8. The third-order valence-electron chi connectivity index (χ3n) is 6.30. The van der Waals surface area contributed by atoms with E-state index in [1.165, 1.54) is 16.2 Å². The van der Waals surface area contributed by atoms with Crippen LogP contribution < -0.4 is 10.5 Å². The lowest BCUT2D eigenvalue weighted by Crippen LogP contribution is -2.49. The Hall–Kier alpha value is -2.92.